The number of hydrogen-bond acceptors (Lipinski definition) is 3. The van der Waals surface area contributed by atoms with E-state index in [9.17, 15) is 9.90 Å². The molecule has 0 unspecified atom stereocenters. The maximum atomic E-state index is 11.2. The average molecular weight is 313 g/mol. The molecular weight excluding hydrogens is 304 g/mol. The van der Waals surface area contributed by atoms with E-state index < -0.39 is 5.97 Å². The molecule has 0 atom stereocenters. The molecule has 0 bridgehead atoms. The number of halogens is 1. The van der Waals surface area contributed by atoms with Crippen LogP contribution in [0.5, 0.6) is 0 Å². The summed E-state index contributed by atoms with van der Waals surface area (Å²) in [5, 5.41) is 9.93. The summed E-state index contributed by atoms with van der Waals surface area (Å²) >= 11 is 4.58. The fourth-order valence-electron chi connectivity index (χ4n) is 1.35. The maximum absolute atomic E-state index is 11.2. The summed E-state index contributed by atoms with van der Waals surface area (Å²) in [6, 6.07) is 5.29. The lowest BCUT2D eigenvalue weighted by molar-refractivity contribution is 0.0692. The molecular formula is C11H9BrN2O2S. The number of carboxylic acids is 1. The first-order chi connectivity index (χ1) is 8.09. The van der Waals surface area contributed by atoms with Gasteiger partial charge >= 0.3 is 5.97 Å². The van der Waals surface area contributed by atoms with E-state index >= 15 is 0 Å². The third-order valence-corrected chi connectivity index (χ3v) is 3.96. The van der Waals surface area contributed by atoms with Crippen molar-refractivity contribution in [2.45, 2.75) is 10.1 Å². The zero-order valence-corrected chi connectivity index (χ0v) is 11.3. The normalized spacial score (nSPS) is 10.5. The molecule has 1 aromatic heterocycles. The highest BCUT2D eigenvalue weighted by atomic mass is 79.9. The topological polar surface area (TPSA) is 55.1 Å². The molecule has 0 amide bonds. The highest BCUT2D eigenvalue weighted by Gasteiger charge is 2.16. The predicted octanol–water partition coefficient (Wildman–Crippen LogP) is 3.03. The first kappa shape index (κ1) is 12.2. The Balaban J connectivity index is 2.43. The minimum absolute atomic E-state index is 0.264. The predicted molar refractivity (Wildman–Crippen MR) is 68.4 cm³/mol. The van der Waals surface area contributed by atoms with Crippen LogP contribution < -0.4 is 0 Å². The van der Waals surface area contributed by atoms with Crippen molar-refractivity contribution in [3.05, 3.63) is 40.6 Å². The van der Waals surface area contributed by atoms with E-state index in [2.05, 4.69) is 20.9 Å². The summed E-state index contributed by atoms with van der Waals surface area (Å²) in [6.07, 6.45) is 3.50. The third-order valence-electron chi connectivity index (χ3n) is 2.17. The third kappa shape index (κ3) is 2.53. The summed E-state index contributed by atoms with van der Waals surface area (Å²) < 4.78 is 2.42. The molecule has 0 saturated heterocycles. The molecule has 0 spiro atoms. The van der Waals surface area contributed by atoms with Crippen molar-refractivity contribution < 1.29 is 9.90 Å². The Bertz CT molecular complexity index is 568. The highest BCUT2D eigenvalue weighted by Crippen LogP contribution is 2.32. The number of benzene rings is 1. The smallest absolute Gasteiger partial charge is 0.338 e. The van der Waals surface area contributed by atoms with E-state index in [4.69, 9.17) is 0 Å². The average Bonchev–Trinajstić information content (AvgIpc) is 2.64. The van der Waals surface area contributed by atoms with Gasteiger partial charge in [-0.15, -0.1) is 0 Å². The highest BCUT2D eigenvalue weighted by molar-refractivity contribution is 9.10. The van der Waals surface area contributed by atoms with Gasteiger partial charge in [0.15, 0.2) is 5.16 Å². The molecule has 1 aromatic carbocycles. The SMILES string of the molecule is Cn1ccnc1Sc1cccc(Br)c1C(=O)O. The minimum Gasteiger partial charge on any atom is -0.478 e. The van der Waals surface area contributed by atoms with Gasteiger partial charge in [0.25, 0.3) is 0 Å². The molecule has 0 aliphatic heterocycles. The molecule has 0 aliphatic carbocycles. The summed E-state index contributed by atoms with van der Waals surface area (Å²) in [4.78, 5) is 16.0. The molecule has 0 aliphatic rings. The number of aromatic carboxylic acids is 1. The molecule has 4 nitrogen and oxygen atoms in total. The van der Waals surface area contributed by atoms with Crippen LogP contribution in [0.1, 0.15) is 10.4 Å². The Morgan fingerprint density at radius 1 is 1.53 bits per heavy atom. The number of carboxylic acid groups (broad SMARTS) is 1. The van der Waals surface area contributed by atoms with E-state index in [0.717, 1.165) is 5.16 Å². The Hall–Kier alpha value is -1.27. The van der Waals surface area contributed by atoms with Gasteiger partial charge in [-0.05, 0) is 28.1 Å². The number of aryl methyl sites for hydroxylation is 1. The Kier molecular flexibility index (Phi) is 3.54. The zero-order valence-electron chi connectivity index (χ0n) is 8.92. The second kappa shape index (κ2) is 4.93. The molecule has 6 heteroatoms. The fraction of sp³-hybridized carbons (Fsp3) is 0.0909. The molecule has 1 heterocycles. The summed E-state index contributed by atoms with van der Waals surface area (Å²) in [5.41, 5.74) is 0.264. The van der Waals surface area contributed by atoms with Gasteiger partial charge < -0.3 is 9.67 Å². The van der Waals surface area contributed by atoms with Crippen LogP contribution in [0.25, 0.3) is 0 Å². The van der Waals surface area contributed by atoms with Crippen molar-refractivity contribution in [2.24, 2.45) is 7.05 Å². The van der Waals surface area contributed by atoms with Crippen LogP contribution in [0, 0.1) is 0 Å². The molecule has 0 fully saturated rings. The second-order valence-electron chi connectivity index (χ2n) is 3.34. The van der Waals surface area contributed by atoms with Crippen molar-refractivity contribution in [1.29, 1.82) is 0 Å². The van der Waals surface area contributed by atoms with Crippen LogP contribution in [-0.2, 0) is 7.05 Å². The number of rotatable bonds is 3. The van der Waals surface area contributed by atoms with Gasteiger partial charge in [0, 0.05) is 28.8 Å². The Labute approximate surface area is 111 Å². The summed E-state index contributed by atoms with van der Waals surface area (Å²) in [6.45, 7) is 0. The lowest BCUT2D eigenvalue weighted by Gasteiger charge is -2.07. The van der Waals surface area contributed by atoms with Crippen LogP contribution in [-0.4, -0.2) is 20.6 Å². The zero-order chi connectivity index (χ0) is 12.4. The molecule has 0 saturated carbocycles. The monoisotopic (exact) mass is 312 g/mol. The van der Waals surface area contributed by atoms with Crippen LogP contribution in [0.15, 0.2) is 45.1 Å². The minimum atomic E-state index is -0.950. The number of imidazole rings is 1. The van der Waals surface area contributed by atoms with Crippen molar-refractivity contribution in [2.75, 3.05) is 0 Å². The molecule has 88 valence electrons. The lowest BCUT2D eigenvalue weighted by Crippen LogP contribution is -2.00. The van der Waals surface area contributed by atoms with Crippen LogP contribution in [0.4, 0.5) is 0 Å². The maximum Gasteiger partial charge on any atom is 0.338 e. The largest absolute Gasteiger partial charge is 0.478 e. The van der Waals surface area contributed by atoms with Gasteiger partial charge in [0.05, 0.1) is 5.56 Å². The van der Waals surface area contributed by atoms with Crippen molar-refractivity contribution in [3.63, 3.8) is 0 Å². The molecule has 0 radical (unpaired) electrons. The standard InChI is InChI=1S/C11H9BrN2O2S/c1-14-6-5-13-11(14)17-8-4-2-3-7(12)9(8)10(15)16/h2-6H,1H3,(H,15,16). The van der Waals surface area contributed by atoms with Crippen molar-refractivity contribution >= 4 is 33.7 Å². The van der Waals surface area contributed by atoms with Crippen LogP contribution >= 0.6 is 27.7 Å². The first-order valence-corrected chi connectivity index (χ1v) is 6.37. The molecule has 1 N–H and O–H groups in total. The van der Waals surface area contributed by atoms with Crippen molar-refractivity contribution in [3.8, 4) is 0 Å². The summed E-state index contributed by atoms with van der Waals surface area (Å²) in [7, 11) is 1.87. The molecule has 2 rings (SSSR count). The van der Waals surface area contributed by atoms with Gasteiger partial charge in [0.2, 0.25) is 0 Å². The first-order valence-electron chi connectivity index (χ1n) is 4.76. The summed E-state index contributed by atoms with van der Waals surface area (Å²) in [5.74, 6) is -0.950. The van der Waals surface area contributed by atoms with E-state index in [1.807, 2.05) is 23.9 Å². The number of nitrogens with zero attached hydrogens (tertiary/aromatic N) is 2. The van der Waals surface area contributed by atoms with Crippen molar-refractivity contribution in [1.82, 2.24) is 9.55 Å². The van der Waals surface area contributed by atoms with Gasteiger partial charge in [-0.3, -0.25) is 0 Å². The van der Waals surface area contributed by atoms with Gasteiger partial charge in [-0.2, -0.15) is 0 Å². The van der Waals surface area contributed by atoms with Gasteiger partial charge in [0.1, 0.15) is 0 Å². The van der Waals surface area contributed by atoms with Crippen LogP contribution in [0.2, 0.25) is 0 Å². The fourth-order valence-corrected chi connectivity index (χ4v) is 2.97. The Morgan fingerprint density at radius 3 is 2.88 bits per heavy atom. The molecule has 2 aromatic rings. The van der Waals surface area contributed by atoms with Gasteiger partial charge in [-0.25, -0.2) is 9.78 Å². The van der Waals surface area contributed by atoms with E-state index in [-0.39, 0.29) is 5.56 Å². The quantitative estimate of drug-likeness (QED) is 0.946. The van der Waals surface area contributed by atoms with Crippen LogP contribution in [0.3, 0.4) is 0 Å². The van der Waals surface area contributed by atoms with E-state index in [0.29, 0.717) is 9.37 Å². The number of hydrogen-bond donors (Lipinski definition) is 1. The second-order valence-corrected chi connectivity index (χ2v) is 5.20. The number of carbonyl (C=O) groups is 1. The van der Waals surface area contributed by atoms with E-state index in [1.165, 1.54) is 11.8 Å². The van der Waals surface area contributed by atoms with Gasteiger partial charge in [-0.1, -0.05) is 17.8 Å². The molecule has 17 heavy (non-hydrogen) atoms. The number of aromatic nitrogens is 2. The Morgan fingerprint density at radius 2 is 2.29 bits per heavy atom. The van der Waals surface area contributed by atoms with E-state index in [1.54, 1.807) is 18.3 Å². The lowest BCUT2D eigenvalue weighted by atomic mass is 10.2.